The van der Waals surface area contributed by atoms with Crippen LogP contribution in [0.3, 0.4) is 0 Å². The Hall–Kier alpha value is -2.40. The average molecular weight is 325 g/mol. The largest absolute Gasteiger partial charge is 0.508 e. The predicted octanol–water partition coefficient (Wildman–Crippen LogP) is 2.49. The summed E-state index contributed by atoms with van der Waals surface area (Å²) < 4.78 is 0. The fourth-order valence-electron chi connectivity index (χ4n) is 2.94. The molecule has 1 amide bonds. The van der Waals surface area contributed by atoms with E-state index in [0.717, 1.165) is 42.6 Å². The van der Waals surface area contributed by atoms with Gasteiger partial charge in [0.2, 0.25) is 0 Å². The van der Waals surface area contributed by atoms with E-state index in [1.54, 1.807) is 18.5 Å². The number of piperidine rings is 1. The van der Waals surface area contributed by atoms with Gasteiger partial charge in [-0.1, -0.05) is 12.1 Å². The number of aromatic hydroxyl groups is 1. The van der Waals surface area contributed by atoms with Gasteiger partial charge in [-0.05, 0) is 62.0 Å². The third-order valence-corrected chi connectivity index (χ3v) is 4.55. The van der Waals surface area contributed by atoms with E-state index in [-0.39, 0.29) is 11.7 Å². The molecule has 24 heavy (non-hydrogen) atoms. The smallest absolute Gasteiger partial charge is 0.252 e. The van der Waals surface area contributed by atoms with Crippen molar-refractivity contribution in [1.82, 2.24) is 15.6 Å². The normalized spacial score (nSPS) is 15.2. The highest BCUT2D eigenvalue weighted by Gasteiger charge is 2.15. The van der Waals surface area contributed by atoms with E-state index in [1.165, 1.54) is 0 Å². The number of pyridine rings is 1. The van der Waals surface area contributed by atoms with Crippen molar-refractivity contribution in [3.8, 4) is 16.9 Å². The van der Waals surface area contributed by atoms with Crippen LogP contribution < -0.4 is 10.6 Å². The molecule has 1 aromatic heterocycles. The quantitative estimate of drug-likeness (QED) is 0.807. The molecule has 1 aliphatic heterocycles. The Morgan fingerprint density at radius 3 is 2.79 bits per heavy atom. The molecule has 5 nitrogen and oxygen atoms in total. The minimum Gasteiger partial charge on any atom is -0.508 e. The standard InChI is InChI=1S/C19H23N3O2/c1-13-2-3-15(9-18(13)23)16-8-17(12-21-11-16)19(24)22-10-14-4-6-20-7-5-14/h2-3,8-9,11-12,14,20,23H,4-7,10H2,1H3,(H,22,24). The number of phenolic OH excluding ortho intramolecular Hbond substituents is 1. The van der Waals surface area contributed by atoms with Gasteiger partial charge in [0, 0.05) is 24.5 Å². The van der Waals surface area contributed by atoms with Crippen LogP contribution >= 0.6 is 0 Å². The Labute approximate surface area is 142 Å². The molecule has 0 spiro atoms. The van der Waals surface area contributed by atoms with Crippen molar-refractivity contribution < 1.29 is 9.90 Å². The summed E-state index contributed by atoms with van der Waals surface area (Å²) in [6.07, 6.45) is 5.48. The number of hydrogen-bond acceptors (Lipinski definition) is 4. The summed E-state index contributed by atoms with van der Waals surface area (Å²) in [6.45, 7) is 4.60. The van der Waals surface area contributed by atoms with Gasteiger partial charge < -0.3 is 15.7 Å². The molecule has 1 saturated heterocycles. The van der Waals surface area contributed by atoms with Crippen LogP contribution in [0.5, 0.6) is 5.75 Å². The maximum atomic E-state index is 12.4. The molecule has 0 aliphatic carbocycles. The summed E-state index contributed by atoms with van der Waals surface area (Å²) in [4.78, 5) is 16.6. The molecule has 1 aliphatic rings. The summed E-state index contributed by atoms with van der Waals surface area (Å²) >= 11 is 0. The molecule has 5 heteroatoms. The van der Waals surface area contributed by atoms with Gasteiger partial charge in [-0.15, -0.1) is 0 Å². The number of amides is 1. The first-order valence-corrected chi connectivity index (χ1v) is 8.37. The second-order valence-corrected chi connectivity index (χ2v) is 6.37. The topological polar surface area (TPSA) is 74.2 Å². The van der Waals surface area contributed by atoms with E-state index >= 15 is 0 Å². The molecule has 0 radical (unpaired) electrons. The van der Waals surface area contributed by atoms with Crippen molar-refractivity contribution in [1.29, 1.82) is 0 Å². The van der Waals surface area contributed by atoms with Gasteiger partial charge in [0.1, 0.15) is 5.75 Å². The second kappa shape index (κ2) is 7.45. The van der Waals surface area contributed by atoms with Crippen LogP contribution in [-0.4, -0.2) is 35.6 Å². The van der Waals surface area contributed by atoms with Crippen LogP contribution in [0.4, 0.5) is 0 Å². The number of nitrogens with zero attached hydrogens (tertiary/aromatic N) is 1. The molecule has 1 aromatic carbocycles. The SMILES string of the molecule is Cc1ccc(-c2cncc(C(=O)NCC3CCNCC3)c2)cc1O. The molecule has 0 unspecified atom stereocenters. The molecule has 0 atom stereocenters. The number of hydrogen-bond donors (Lipinski definition) is 3. The summed E-state index contributed by atoms with van der Waals surface area (Å²) in [6, 6.07) is 7.29. The highest BCUT2D eigenvalue weighted by molar-refractivity contribution is 5.95. The van der Waals surface area contributed by atoms with Gasteiger partial charge in [0.05, 0.1) is 5.56 Å². The highest BCUT2D eigenvalue weighted by Crippen LogP contribution is 2.26. The fraction of sp³-hybridized carbons (Fsp3) is 0.368. The van der Waals surface area contributed by atoms with Crippen LogP contribution in [0.15, 0.2) is 36.7 Å². The van der Waals surface area contributed by atoms with Gasteiger partial charge >= 0.3 is 0 Å². The monoisotopic (exact) mass is 325 g/mol. The molecule has 0 saturated carbocycles. The maximum Gasteiger partial charge on any atom is 0.252 e. The molecular weight excluding hydrogens is 302 g/mol. The van der Waals surface area contributed by atoms with Crippen molar-refractivity contribution in [2.75, 3.05) is 19.6 Å². The first-order valence-electron chi connectivity index (χ1n) is 8.37. The summed E-state index contributed by atoms with van der Waals surface area (Å²) in [5.41, 5.74) is 3.03. The predicted molar refractivity (Wildman–Crippen MR) is 94.0 cm³/mol. The lowest BCUT2D eigenvalue weighted by molar-refractivity contribution is 0.0944. The molecule has 3 N–H and O–H groups in total. The minimum atomic E-state index is -0.0979. The lowest BCUT2D eigenvalue weighted by Crippen LogP contribution is -2.36. The lowest BCUT2D eigenvalue weighted by atomic mass is 9.98. The summed E-state index contributed by atoms with van der Waals surface area (Å²) in [7, 11) is 0. The highest BCUT2D eigenvalue weighted by atomic mass is 16.3. The number of aromatic nitrogens is 1. The van der Waals surface area contributed by atoms with Crippen LogP contribution in [-0.2, 0) is 0 Å². The van der Waals surface area contributed by atoms with Gasteiger partial charge in [-0.25, -0.2) is 0 Å². The first kappa shape index (κ1) is 16.5. The second-order valence-electron chi connectivity index (χ2n) is 6.37. The van der Waals surface area contributed by atoms with Gasteiger partial charge in [0.25, 0.3) is 5.91 Å². The molecule has 0 bridgehead atoms. The number of benzene rings is 1. The van der Waals surface area contributed by atoms with E-state index in [0.29, 0.717) is 18.0 Å². The van der Waals surface area contributed by atoms with E-state index in [2.05, 4.69) is 15.6 Å². The Morgan fingerprint density at radius 2 is 2.04 bits per heavy atom. The Morgan fingerprint density at radius 1 is 1.25 bits per heavy atom. The summed E-state index contributed by atoms with van der Waals surface area (Å²) in [5.74, 6) is 0.688. The lowest BCUT2D eigenvalue weighted by Gasteiger charge is -2.22. The van der Waals surface area contributed by atoms with Gasteiger partial charge in [0.15, 0.2) is 0 Å². The maximum absolute atomic E-state index is 12.4. The third-order valence-electron chi connectivity index (χ3n) is 4.55. The number of phenols is 1. The van der Waals surface area contributed by atoms with Gasteiger partial charge in [-0.2, -0.15) is 0 Å². The van der Waals surface area contributed by atoms with E-state index in [4.69, 9.17) is 0 Å². The number of carbonyl (C=O) groups excluding carboxylic acids is 1. The van der Waals surface area contributed by atoms with Crippen LogP contribution in [0.2, 0.25) is 0 Å². The number of nitrogens with one attached hydrogen (secondary N) is 2. The first-order chi connectivity index (χ1) is 11.6. The third kappa shape index (κ3) is 3.92. The van der Waals surface area contributed by atoms with E-state index in [1.807, 2.05) is 25.1 Å². The van der Waals surface area contributed by atoms with Crippen molar-refractivity contribution >= 4 is 5.91 Å². The Bertz CT molecular complexity index is 724. The number of rotatable bonds is 4. The van der Waals surface area contributed by atoms with E-state index in [9.17, 15) is 9.90 Å². The molecule has 2 aromatic rings. The van der Waals surface area contributed by atoms with Gasteiger partial charge in [-0.3, -0.25) is 9.78 Å². The van der Waals surface area contributed by atoms with Crippen molar-refractivity contribution in [3.63, 3.8) is 0 Å². The van der Waals surface area contributed by atoms with Crippen LogP contribution in [0.25, 0.3) is 11.1 Å². The minimum absolute atomic E-state index is 0.0979. The zero-order chi connectivity index (χ0) is 16.9. The number of carbonyl (C=O) groups is 1. The zero-order valence-electron chi connectivity index (χ0n) is 13.9. The van der Waals surface area contributed by atoms with Crippen LogP contribution in [0.1, 0.15) is 28.8 Å². The van der Waals surface area contributed by atoms with Crippen LogP contribution in [0, 0.1) is 12.8 Å². The average Bonchev–Trinajstić information content (AvgIpc) is 2.63. The Kier molecular flexibility index (Phi) is 5.11. The number of aryl methyl sites for hydroxylation is 1. The van der Waals surface area contributed by atoms with Crippen molar-refractivity contribution in [3.05, 3.63) is 47.8 Å². The molecular formula is C19H23N3O2. The molecule has 126 valence electrons. The van der Waals surface area contributed by atoms with E-state index < -0.39 is 0 Å². The molecule has 2 heterocycles. The zero-order valence-corrected chi connectivity index (χ0v) is 13.9. The van der Waals surface area contributed by atoms with Crippen molar-refractivity contribution in [2.45, 2.75) is 19.8 Å². The fourth-order valence-corrected chi connectivity index (χ4v) is 2.94. The Balaban J connectivity index is 1.69. The summed E-state index contributed by atoms with van der Waals surface area (Å²) in [5, 5.41) is 16.2. The molecule has 3 rings (SSSR count). The molecule has 1 fully saturated rings. The van der Waals surface area contributed by atoms with Crippen molar-refractivity contribution in [2.24, 2.45) is 5.92 Å².